The van der Waals surface area contributed by atoms with E-state index in [0.717, 1.165) is 0 Å². The highest BCUT2D eigenvalue weighted by molar-refractivity contribution is 7.22. The average molecular weight is 87.9 g/mol. The van der Waals surface area contributed by atoms with E-state index < -0.39 is 0 Å². The summed E-state index contributed by atoms with van der Waals surface area (Å²) < 4.78 is 0. The van der Waals surface area contributed by atoms with Crippen LogP contribution in [0.3, 0.4) is 0 Å². The Hall–Kier alpha value is 0.495. The van der Waals surface area contributed by atoms with Crippen LogP contribution in [0.5, 0.6) is 0 Å². The van der Waals surface area contributed by atoms with Crippen molar-refractivity contribution in [3.8, 4) is 0 Å². The van der Waals surface area contributed by atoms with Gasteiger partial charge in [-0.15, -0.1) is 9.24 Å². The van der Waals surface area contributed by atoms with Gasteiger partial charge in [-0.25, -0.2) is 0 Å². The summed E-state index contributed by atoms with van der Waals surface area (Å²) in [5, 5.41) is 0.417. The van der Waals surface area contributed by atoms with Crippen LogP contribution in [0, 0.1) is 0 Å². The zero-order valence-electron chi connectivity index (χ0n) is 4.08. The third-order valence-electron chi connectivity index (χ3n) is 0. The topological polar surface area (TPSA) is 0 Å². The van der Waals surface area contributed by atoms with Gasteiger partial charge >= 0.3 is 0 Å². The molecule has 0 aliphatic heterocycles. The molecule has 0 spiro atoms. The van der Waals surface area contributed by atoms with Crippen molar-refractivity contribution in [2.75, 3.05) is 0 Å². The van der Waals surface area contributed by atoms with Gasteiger partial charge in [-0.2, -0.15) is 0 Å². The van der Waals surface area contributed by atoms with E-state index in [0.29, 0.717) is 5.06 Å². The van der Waals surface area contributed by atoms with Gasteiger partial charge in [0, 0.05) is 0 Å². The highest BCUT2D eigenvalue weighted by Gasteiger charge is 1.96. The van der Waals surface area contributed by atoms with E-state index in [2.05, 4.69) is 30.9 Å². The summed E-state index contributed by atoms with van der Waals surface area (Å²) in [5.74, 6) is 0. The standard InChI is InChI=1S/C3H10BP/c1-3(2,4)5/h4-5H2,1-2H3. The highest BCUT2D eigenvalue weighted by atomic mass is 31.0. The van der Waals surface area contributed by atoms with Crippen molar-refractivity contribution in [2.24, 2.45) is 0 Å². The minimum Gasteiger partial charge on any atom is -0.140 e. The molecule has 0 rings (SSSR count). The molecule has 0 N–H and O–H groups in total. The van der Waals surface area contributed by atoms with Crippen LogP contribution in [0.15, 0.2) is 0 Å². The van der Waals surface area contributed by atoms with E-state index in [1.807, 2.05) is 0 Å². The van der Waals surface area contributed by atoms with Crippen molar-refractivity contribution in [3.63, 3.8) is 0 Å². The first-order valence-corrected chi connectivity index (χ1v) is 2.37. The second kappa shape index (κ2) is 1.30. The molecule has 0 aliphatic rings. The van der Waals surface area contributed by atoms with E-state index in [1.165, 1.54) is 0 Å². The number of hydrogen-bond acceptors (Lipinski definition) is 0. The first-order valence-electron chi connectivity index (χ1n) is 1.79. The maximum absolute atomic E-state index is 2.72. The van der Waals surface area contributed by atoms with Gasteiger partial charge in [0.05, 0.1) is 0 Å². The Morgan fingerprint density at radius 3 is 1.60 bits per heavy atom. The van der Waals surface area contributed by atoms with Crippen LogP contribution in [-0.2, 0) is 0 Å². The largest absolute Gasteiger partial charge is 0.140 e. The molecule has 0 radical (unpaired) electrons. The molecule has 0 aromatic carbocycles. The first-order chi connectivity index (χ1) is 2.00. The van der Waals surface area contributed by atoms with E-state index >= 15 is 0 Å². The molecular formula is C3H10BP. The molecule has 0 aliphatic carbocycles. The minimum absolute atomic E-state index is 0.417. The zero-order valence-corrected chi connectivity index (χ0v) is 5.23. The highest BCUT2D eigenvalue weighted by Crippen LogP contribution is 2.07. The Balaban J connectivity index is 3.02. The third-order valence-corrected chi connectivity index (χ3v) is 0. The van der Waals surface area contributed by atoms with Crippen molar-refractivity contribution in [1.29, 1.82) is 0 Å². The lowest BCUT2D eigenvalue weighted by molar-refractivity contribution is 1.01. The molecule has 0 fully saturated rings. The zero-order chi connectivity index (χ0) is 4.50. The van der Waals surface area contributed by atoms with Crippen LogP contribution in [0.1, 0.15) is 13.8 Å². The summed E-state index contributed by atoms with van der Waals surface area (Å²) in [4.78, 5) is 0. The average Bonchev–Trinajstić information content (AvgIpc) is 0.722. The fraction of sp³-hybridized carbons (Fsp3) is 1.00. The van der Waals surface area contributed by atoms with Crippen LogP contribution in [0.2, 0.25) is 0 Å². The van der Waals surface area contributed by atoms with Crippen molar-refractivity contribution in [3.05, 3.63) is 0 Å². The molecule has 0 aromatic heterocycles. The fourth-order valence-electron chi connectivity index (χ4n) is 0. The molecule has 0 saturated carbocycles. The fourth-order valence-corrected chi connectivity index (χ4v) is 0. The summed E-state index contributed by atoms with van der Waals surface area (Å²) in [6, 6.07) is 0. The number of rotatable bonds is 0. The van der Waals surface area contributed by atoms with Gasteiger partial charge in [-0.05, 0) is 5.06 Å². The molecule has 0 amide bonds. The Kier molecular flexibility index (Phi) is 1.43. The molecule has 2 heteroatoms. The molecule has 0 heterocycles. The molecular weight excluding hydrogens is 77.8 g/mol. The summed E-state index contributed by atoms with van der Waals surface area (Å²) in [6.07, 6.45) is 0. The smallest absolute Gasteiger partial charge is 0.113 e. The molecule has 1 atom stereocenters. The van der Waals surface area contributed by atoms with Gasteiger partial charge in [0.25, 0.3) is 0 Å². The van der Waals surface area contributed by atoms with Gasteiger partial charge in [-0.1, -0.05) is 13.8 Å². The van der Waals surface area contributed by atoms with Gasteiger partial charge in [0.1, 0.15) is 7.85 Å². The molecule has 0 aromatic rings. The third kappa shape index (κ3) is 114. The van der Waals surface area contributed by atoms with Gasteiger partial charge in [0.2, 0.25) is 0 Å². The van der Waals surface area contributed by atoms with Gasteiger partial charge in [-0.3, -0.25) is 0 Å². The van der Waals surface area contributed by atoms with Crippen molar-refractivity contribution < 1.29 is 0 Å². The van der Waals surface area contributed by atoms with Crippen molar-refractivity contribution in [1.82, 2.24) is 0 Å². The Morgan fingerprint density at radius 1 is 1.60 bits per heavy atom. The summed E-state index contributed by atoms with van der Waals surface area (Å²) in [6.45, 7) is 4.30. The molecule has 1 unspecified atom stereocenters. The van der Waals surface area contributed by atoms with Crippen LogP contribution < -0.4 is 0 Å². The lowest BCUT2D eigenvalue weighted by Crippen LogP contribution is -2.05. The summed E-state index contributed by atoms with van der Waals surface area (Å²) in [7, 11) is 4.87. The second-order valence-corrected chi connectivity index (χ2v) is 4.10. The van der Waals surface area contributed by atoms with Gasteiger partial charge in [0.15, 0.2) is 0 Å². The molecule has 30 valence electrons. The Labute approximate surface area is 37.0 Å². The molecule has 0 nitrogen and oxygen atoms in total. The van der Waals surface area contributed by atoms with Crippen LogP contribution in [0.25, 0.3) is 0 Å². The SMILES string of the molecule is BC(C)(C)P. The molecule has 0 bridgehead atoms. The van der Waals surface area contributed by atoms with E-state index in [1.54, 1.807) is 0 Å². The normalized spacial score (nSPS) is 11.8. The van der Waals surface area contributed by atoms with E-state index in [4.69, 9.17) is 0 Å². The Morgan fingerprint density at radius 2 is 1.60 bits per heavy atom. The van der Waals surface area contributed by atoms with E-state index in [9.17, 15) is 0 Å². The van der Waals surface area contributed by atoms with Crippen molar-refractivity contribution >= 4 is 17.1 Å². The van der Waals surface area contributed by atoms with Crippen LogP contribution in [0.4, 0.5) is 0 Å². The predicted octanol–water partition coefficient (Wildman–Crippen LogP) is 0.231. The molecule has 5 heavy (non-hydrogen) atoms. The lowest BCUT2D eigenvalue weighted by atomic mass is 9.91. The first kappa shape index (κ1) is 5.49. The molecule has 0 saturated heterocycles. The maximum Gasteiger partial charge on any atom is 0.113 e. The Bertz CT molecular complexity index is 22.4. The summed E-state index contributed by atoms with van der Waals surface area (Å²) >= 11 is 0. The van der Waals surface area contributed by atoms with Crippen LogP contribution in [-0.4, -0.2) is 12.9 Å². The maximum atomic E-state index is 2.72. The van der Waals surface area contributed by atoms with Crippen LogP contribution >= 0.6 is 9.24 Å². The summed E-state index contributed by atoms with van der Waals surface area (Å²) in [5.41, 5.74) is 0. The minimum atomic E-state index is 0.417. The predicted molar refractivity (Wildman–Crippen MR) is 32.3 cm³/mol. The quantitative estimate of drug-likeness (QED) is 0.293. The lowest BCUT2D eigenvalue weighted by Gasteiger charge is -2.04. The van der Waals surface area contributed by atoms with Crippen molar-refractivity contribution in [2.45, 2.75) is 18.9 Å². The van der Waals surface area contributed by atoms with Gasteiger partial charge < -0.3 is 0 Å². The van der Waals surface area contributed by atoms with E-state index in [-0.39, 0.29) is 0 Å². The second-order valence-electron chi connectivity index (χ2n) is 2.37. The number of hydrogen-bond donors (Lipinski definition) is 0. The monoisotopic (exact) mass is 88.1 g/mol.